The molecule has 8 nitrogen and oxygen atoms in total. The Labute approximate surface area is 337 Å². The van der Waals surface area contributed by atoms with Crippen molar-refractivity contribution in [2.75, 3.05) is 17.5 Å². The lowest BCUT2D eigenvalue weighted by Crippen LogP contribution is -2.31. The number of carbonyl (C=O) groups excluding carboxylic acids is 1. The van der Waals surface area contributed by atoms with Crippen LogP contribution in [0.2, 0.25) is 1.41 Å². The van der Waals surface area contributed by atoms with Crippen LogP contribution in [0.25, 0.3) is 12.6 Å². The predicted molar refractivity (Wildman–Crippen MR) is 274 cm³/mol. The average molecular weight is 709 g/mol. The van der Waals surface area contributed by atoms with Crippen molar-refractivity contribution >= 4 is 34.7 Å². The lowest BCUT2D eigenvalue weighted by molar-refractivity contribution is -0.112. The zero-order chi connectivity index (χ0) is 38.0. The van der Waals surface area contributed by atoms with Crippen molar-refractivity contribution in [1.82, 2.24) is 0 Å². The molecule has 1 aliphatic heterocycles. The highest BCUT2D eigenvalue weighted by molar-refractivity contribution is 6.72. The molecule has 3 aromatic rings. The van der Waals surface area contributed by atoms with Crippen LogP contribution in [0.1, 0.15) is 162 Å². The van der Waals surface area contributed by atoms with E-state index in [-0.39, 0.29) is 78.2 Å². The number of ether oxygens (including phenoxy) is 1. The summed E-state index contributed by atoms with van der Waals surface area (Å²) in [5, 5.41) is 15.1. The number of anilines is 2. The molecule has 0 fully saturated rings. The number of hydrogen-bond donors (Lipinski definition) is 2. The summed E-state index contributed by atoms with van der Waals surface area (Å²) < 4.78 is 32.4. The van der Waals surface area contributed by atoms with E-state index in [0.717, 1.165) is 33.2 Å². The molecule has 46 heavy (non-hydrogen) atoms. The lowest BCUT2D eigenvalue weighted by Gasteiger charge is -2.29. The van der Waals surface area contributed by atoms with Gasteiger partial charge in [0.25, 0.3) is 1.43 Å². The number of carboxylic acids is 1. The molecule has 0 aromatic heterocycles. The summed E-state index contributed by atoms with van der Waals surface area (Å²) in [6, 6.07) is 9.41. The Balaban J connectivity index is -0.0000000187. The van der Waals surface area contributed by atoms with Gasteiger partial charge in [-0.25, -0.2) is 4.79 Å². The van der Waals surface area contributed by atoms with Gasteiger partial charge >= 0.3 is 11.9 Å². The minimum Gasteiger partial charge on any atom is -0.494 e. The van der Waals surface area contributed by atoms with Crippen LogP contribution in [0.4, 0.5) is 11.4 Å². The quantitative estimate of drug-likeness (QED) is 0.227. The van der Waals surface area contributed by atoms with Crippen molar-refractivity contribution in [3.8, 4) is 16.9 Å². The number of methoxy groups -OCH3 is 1. The topological polar surface area (TPSA) is 104 Å². The molecule has 2 N–H and O–H groups in total. The molecular formula is C38H128N4O4. The molecule has 1 amide bonds. The van der Waals surface area contributed by atoms with Gasteiger partial charge in [0.1, 0.15) is 5.69 Å². The molecule has 1 aliphatic rings. The molecule has 0 saturated heterocycles. The molecule has 0 radical (unpaired) electrons. The summed E-state index contributed by atoms with van der Waals surface area (Å²) in [5.41, 5.74) is 10.5. The normalized spacial score (nSPS) is 15.2. The first kappa shape index (κ1) is 30.2. The van der Waals surface area contributed by atoms with Crippen LogP contribution in [-0.2, 0) is 10.2 Å². The van der Waals surface area contributed by atoms with E-state index in [4.69, 9.17) is 14.2 Å². The largest absolute Gasteiger partial charge is 0.494 e. The first-order valence-electron chi connectivity index (χ1n) is 17.6. The monoisotopic (exact) mass is 709 g/mol. The Bertz CT molecular complexity index is 1930. The molecule has 0 unspecified atom stereocenters. The number of hydrazone groups is 2. The van der Waals surface area contributed by atoms with Crippen LogP contribution in [0.5, 0.6) is 5.75 Å². The maximum atomic E-state index is 14.2. The van der Waals surface area contributed by atoms with E-state index >= 15 is 0 Å². The first-order chi connectivity index (χ1) is 23.4. The van der Waals surface area contributed by atoms with Gasteiger partial charge in [-0.05, 0) is 115 Å². The van der Waals surface area contributed by atoms with Gasteiger partial charge in [-0.1, -0.05) is 60.6 Å². The average Bonchev–Trinajstić information content (AvgIpc) is 3.37. The maximum absolute atomic E-state index is 14.2. The number of aromatic carboxylic acids is 1. The van der Waals surface area contributed by atoms with Crippen molar-refractivity contribution in [2.45, 2.75) is 94.4 Å². The zero-order valence-corrected chi connectivity index (χ0v) is 29.5. The Morgan fingerprint density at radius 1 is 1.07 bits per heavy atom. The van der Waals surface area contributed by atoms with Crippen molar-refractivity contribution in [3.05, 3.63) is 74.8 Å². The molecule has 4 rings (SSSR count). The number of aryl methyl sites for hydroxylation is 2. The molecule has 0 bridgehead atoms. The molecule has 0 aliphatic carbocycles. The van der Waals surface area contributed by atoms with Crippen molar-refractivity contribution in [3.63, 3.8) is 0 Å². The molecule has 0 saturated carbocycles. The number of benzene rings is 3. The van der Waals surface area contributed by atoms with Gasteiger partial charge in [0.05, 0.1) is 24.1 Å². The highest BCUT2D eigenvalue weighted by Gasteiger charge is 2.37. The number of nitrogens with one attached hydrogen (secondary N) is 1. The fourth-order valence-electron chi connectivity index (χ4n) is 6.45. The van der Waals surface area contributed by atoms with Crippen LogP contribution in [0.3, 0.4) is 0 Å². The van der Waals surface area contributed by atoms with Gasteiger partial charge in [-0.3, -0.25) is 10.2 Å². The van der Waals surface area contributed by atoms with Gasteiger partial charge < -0.3 is 9.85 Å². The van der Waals surface area contributed by atoms with E-state index in [2.05, 4.69) is 50.9 Å². The predicted octanol–water partition coefficient (Wildman–Crippen LogP) is 18.7. The number of carbonyl (C=O) groups is 2. The third-order valence-electron chi connectivity index (χ3n) is 8.84. The van der Waals surface area contributed by atoms with E-state index in [0.29, 0.717) is 39.9 Å². The second-order valence-corrected chi connectivity index (χ2v) is 13.8. The SMILES string of the molecule is [2H]OC(=O)c1ccc(C)c(-c2cc(C)c(C)c(N([2H])/N=C3\C(=O)N(c4ccc(C(C)C)c(C(C)(C)C)c4C)N=C3C(C)C)c2OC)c1C.[2H][2H].[HH].[HH].[HH].[HH].[HH].[HH].[HH].[HH].[HH].[HH].[HH].[HH].[HH].[HH].[HH].[HH].[HH].[HH].[HH].[HH].[HH].[HH].[HH].[HH].[HH].[HH].[HH].[HH].[HH].[HH].[HH].[HH].[HH].[HH].[HH].[HH].[HH].[HH].[HH]. The molecule has 324 valence electrons. The second kappa shape index (κ2) is 12.7. The summed E-state index contributed by atoms with van der Waals surface area (Å²) in [6.45, 7) is 24.3. The van der Waals surface area contributed by atoms with Gasteiger partial charge in [-0.15, -0.1) is 0 Å². The maximum Gasteiger partial charge on any atom is 0.335 e. The molecule has 0 atom stereocenters. The molecule has 3 aromatic carbocycles. The summed E-state index contributed by atoms with van der Waals surface area (Å²) in [5.74, 6) is -0.651. The standard InChI is InChI=1S/C38H48N4O4.40H2/c1-19(2)26-16-17-29(25(9)31(26)38(10,11)12)42-36(43)34(32(41-42)20(3)4)40-39-33-23(7)22(6)18-28(35(33)46-13)30-21(5)14-15-27(24(30)8)37(44)45;;;;;;;;;;;;;;;;;;;;;;;;;;;;;;;;;;;;;;;;/h14-20,39H,1-13H3,(H,44,45);40*1H/b40-34-;;;;;;;;;;;;;;;;;;;;;;;;;;;;;;;;;;;;;;;;/i;1+1D;;;;;;;;;;;;;;;;;;;;;;;;;;;;;;;;;;;;;;;/hD2. The first-order valence-corrected chi connectivity index (χ1v) is 15.8. The third-order valence-corrected chi connectivity index (χ3v) is 8.84. The van der Waals surface area contributed by atoms with E-state index in [1.54, 1.807) is 19.1 Å². The fourth-order valence-corrected chi connectivity index (χ4v) is 6.45. The number of carboxylic acid groups (broad SMARTS) is 1. The Morgan fingerprint density at radius 3 is 2.30 bits per heavy atom. The smallest absolute Gasteiger partial charge is 0.335 e. The van der Waals surface area contributed by atoms with E-state index in [1.807, 2.05) is 53.7 Å². The van der Waals surface area contributed by atoms with Crippen LogP contribution in [-0.4, -0.2) is 35.5 Å². The molecule has 8 heteroatoms. The highest BCUT2D eigenvalue weighted by Crippen LogP contribution is 2.44. The fraction of sp³-hybridized carbons (Fsp3) is 0.421. The minimum absolute atomic E-state index is 0. The number of amides is 1. The van der Waals surface area contributed by atoms with E-state index < -0.39 is 11.9 Å². The van der Waals surface area contributed by atoms with Crippen LogP contribution < -0.4 is 15.2 Å². The summed E-state index contributed by atoms with van der Waals surface area (Å²) >= 11 is 0. The number of nitrogens with zero attached hydrogens (tertiary/aromatic N) is 3. The Hall–Kier alpha value is -4.46. The van der Waals surface area contributed by atoms with Crippen LogP contribution >= 0.6 is 0 Å². The Kier molecular flexibility index (Phi) is 8.36. The number of rotatable bonds is 8. The zero-order valence-electron chi connectivity index (χ0n) is 33.5. The van der Waals surface area contributed by atoms with Gasteiger partial charge in [0, 0.05) is 64.2 Å². The van der Waals surface area contributed by atoms with E-state index in [9.17, 15) is 11.0 Å². The molecule has 1 heterocycles. The summed E-state index contributed by atoms with van der Waals surface area (Å²) in [6.07, 6.45) is 0. The molecule has 0 spiro atoms. The van der Waals surface area contributed by atoms with Crippen LogP contribution in [0, 0.1) is 40.5 Å². The van der Waals surface area contributed by atoms with Gasteiger partial charge in [-0.2, -0.15) is 15.2 Å². The lowest BCUT2D eigenvalue weighted by atomic mass is 9.77. The Morgan fingerprint density at radius 2 is 1.74 bits per heavy atom. The summed E-state index contributed by atoms with van der Waals surface area (Å²) in [7, 11) is 1.52. The minimum atomic E-state index is -0.765. The number of hydrogen-bond acceptors (Lipinski definition) is 7. The summed E-state index contributed by atoms with van der Waals surface area (Å²) in [4.78, 5) is 26.6. The van der Waals surface area contributed by atoms with Gasteiger partial charge in [0.15, 0.2) is 12.9 Å². The van der Waals surface area contributed by atoms with Gasteiger partial charge in [0.2, 0.25) is 0 Å². The highest BCUT2D eigenvalue weighted by atomic mass is 16.5. The van der Waals surface area contributed by atoms with Crippen LogP contribution in [0.15, 0.2) is 40.5 Å². The van der Waals surface area contributed by atoms with Crippen molar-refractivity contribution < 1.29 is 79.5 Å². The van der Waals surface area contributed by atoms with E-state index in [1.165, 1.54) is 23.2 Å². The molecular weight excluding hydrogens is 576 g/mol. The van der Waals surface area contributed by atoms with Crippen molar-refractivity contribution in [1.29, 1.82) is 1.43 Å². The third kappa shape index (κ3) is 6.05. The van der Waals surface area contributed by atoms with Crippen molar-refractivity contribution in [2.24, 2.45) is 16.1 Å². The second-order valence-electron chi connectivity index (χ2n) is 13.8.